The number of methoxy groups -OCH3 is 1. The fourth-order valence-electron chi connectivity index (χ4n) is 2.89. The normalized spacial score (nSPS) is 15.6. The first-order chi connectivity index (χ1) is 11.4. The largest absolute Gasteiger partial charge is 0.496 e. The summed E-state index contributed by atoms with van der Waals surface area (Å²) in [5, 5.41) is 8.49. The van der Waals surface area contributed by atoms with Gasteiger partial charge in [0.1, 0.15) is 5.75 Å². The van der Waals surface area contributed by atoms with Crippen LogP contribution in [0.2, 0.25) is 0 Å². The number of halogens is 1. The molecule has 1 aliphatic heterocycles. The molecule has 2 rings (SSSR count). The number of hydrogen-bond acceptors (Lipinski definition) is 5. The predicted molar refractivity (Wildman–Crippen MR) is 98.8 cm³/mol. The topological polar surface area (TPSA) is 102 Å². The minimum atomic E-state index is -3.87. The Balaban J connectivity index is 0.00000312. The average molecular weight is 392 g/mol. The molecular formula is C16H26ClN3O4S. The van der Waals surface area contributed by atoms with Crippen LogP contribution in [-0.4, -0.2) is 52.5 Å². The van der Waals surface area contributed by atoms with Crippen molar-refractivity contribution in [2.75, 3.05) is 33.3 Å². The molecule has 0 aliphatic carbocycles. The molecule has 25 heavy (non-hydrogen) atoms. The molecule has 1 fully saturated rings. The Morgan fingerprint density at radius 3 is 2.52 bits per heavy atom. The summed E-state index contributed by atoms with van der Waals surface area (Å²) in [5.41, 5.74) is 0.231. The third kappa shape index (κ3) is 5.57. The Hall–Kier alpha value is -1.35. The van der Waals surface area contributed by atoms with E-state index in [9.17, 15) is 13.2 Å². The number of nitrogens with one attached hydrogen (secondary N) is 1. The fourth-order valence-corrected chi connectivity index (χ4v) is 3.43. The van der Waals surface area contributed by atoms with Crippen LogP contribution in [0.5, 0.6) is 5.75 Å². The quantitative estimate of drug-likeness (QED) is 0.759. The number of rotatable bonds is 6. The molecule has 0 bridgehead atoms. The van der Waals surface area contributed by atoms with Crippen molar-refractivity contribution in [1.82, 2.24) is 10.2 Å². The maximum atomic E-state index is 12.8. The standard InChI is InChI=1S/C16H25N3O4S.ClH/c1-3-18-11-12-6-8-19(9-7-12)16(20)14-10-13(24(17,21)22)4-5-15(14)23-2;/h4-5,10,12,18H,3,6-9,11H2,1-2H3,(H2,17,21,22);1H. The lowest BCUT2D eigenvalue weighted by Gasteiger charge is -2.32. The maximum absolute atomic E-state index is 12.8. The first-order valence-corrected chi connectivity index (χ1v) is 9.62. The molecule has 1 amide bonds. The van der Waals surface area contributed by atoms with Gasteiger partial charge in [0.2, 0.25) is 10.0 Å². The number of nitrogens with two attached hydrogens (primary N) is 1. The summed E-state index contributed by atoms with van der Waals surface area (Å²) < 4.78 is 28.3. The van der Waals surface area contributed by atoms with Gasteiger partial charge in [-0.3, -0.25) is 4.79 Å². The van der Waals surface area contributed by atoms with Crippen molar-refractivity contribution in [2.45, 2.75) is 24.7 Å². The summed E-state index contributed by atoms with van der Waals surface area (Å²) in [4.78, 5) is 14.4. The number of primary sulfonamides is 1. The zero-order chi connectivity index (χ0) is 17.7. The first-order valence-electron chi connectivity index (χ1n) is 8.07. The summed E-state index contributed by atoms with van der Waals surface area (Å²) in [6.45, 7) is 5.28. The van der Waals surface area contributed by atoms with Gasteiger partial charge in [-0.05, 0) is 50.0 Å². The molecule has 9 heteroatoms. The van der Waals surface area contributed by atoms with Crippen LogP contribution >= 0.6 is 12.4 Å². The third-order valence-corrected chi connectivity index (χ3v) is 5.23. The average Bonchev–Trinajstić information content (AvgIpc) is 2.58. The molecule has 0 aromatic heterocycles. The number of benzene rings is 1. The van der Waals surface area contributed by atoms with Gasteiger partial charge in [0, 0.05) is 13.1 Å². The monoisotopic (exact) mass is 391 g/mol. The van der Waals surface area contributed by atoms with E-state index in [4.69, 9.17) is 9.88 Å². The molecule has 7 nitrogen and oxygen atoms in total. The second-order valence-corrected chi connectivity index (χ2v) is 7.51. The summed E-state index contributed by atoms with van der Waals surface area (Å²) in [5.74, 6) is 0.688. The van der Waals surface area contributed by atoms with Crippen molar-refractivity contribution in [3.63, 3.8) is 0 Å². The van der Waals surface area contributed by atoms with E-state index in [1.54, 1.807) is 4.90 Å². The zero-order valence-electron chi connectivity index (χ0n) is 14.5. The van der Waals surface area contributed by atoms with Crippen LogP contribution in [0, 0.1) is 5.92 Å². The minimum Gasteiger partial charge on any atom is -0.496 e. The Morgan fingerprint density at radius 1 is 1.36 bits per heavy atom. The van der Waals surface area contributed by atoms with Crippen LogP contribution in [0.3, 0.4) is 0 Å². The number of piperidine rings is 1. The van der Waals surface area contributed by atoms with E-state index in [1.807, 2.05) is 0 Å². The van der Waals surface area contributed by atoms with Gasteiger partial charge in [-0.25, -0.2) is 13.6 Å². The lowest BCUT2D eigenvalue weighted by atomic mass is 9.96. The highest BCUT2D eigenvalue weighted by Crippen LogP contribution is 2.26. The van der Waals surface area contributed by atoms with Gasteiger partial charge in [0.25, 0.3) is 5.91 Å². The van der Waals surface area contributed by atoms with Crippen molar-refractivity contribution < 1.29 is 17.9 Å². The van der Waals surface area contributed by atoms with Gasteiger partial charge >= 0.3 is 0 Å². The highest BCUT2D eigenvalue weighted by atomic mass is 35.5. The van der Waals surface area contributed by atoms with E-state index in [-0.39, 0.29) is 28.8 Å². The smallest absolute Gasteiger partial charge is 0.257 e. The molecule has 1 aromatic rings. The van der Waals surface area contributed by atoms with Crippen molar-refractivity contribution in [1.29, 1.82) is 0 Å². The van der Waals surface area contributed by atoms with E-state index in [1.165, 1.54) is 25.3 Å². The fraction of sp³-hybridized carbons (Fsp3) is 0.562. The molecule has 0 radical (unpaired) electrons. The number of sulfonamides is 1. The van der Waals surface area contributed by atoms with Gasteiger partial charge in [0.15, 0.2) is 0 Å². The maximum Gasteiger partial charge on any atom is 0.257 e. The summed E-state index contributed by atoms with van der Waals surface area (Å²) in [7, 11) is -2.42. The highest BCUT2D eigenvalue weighted by Gasteiger charge is 2.26. The van der Waals surface area contributed by atoms with E-state index in [2.05, 4.69) is 12.2 Å². The number of carbonyl (C=O) groups is 1. The summed E-state index contributed by atoms with van der Waals surface area (Å²) >= 11 is 0. The molecule has 0 saturated carbocycles. The Morgan fingerprint density at radius 2 is 2.00 bits per heavy atom. The van der Waals surface area contributed by atoms with Crippen LogP contribution in [0.1, 0.15) is 30.1 Å². The van der Waals surface area contributed by atoms with E-state index in [0.717, 1.165) is 25.9 Å². The second kappa shape index (κ2) is 9.38. The number of amides is 1. The summed E-state index contributed by atoms with van der Waals surface area (Å²) in [6.07, 6.45) is 1.85. The van der Waals surface area contributed by atoms with Crippen molar-refractivity contribution in [3.8, 4) is 5.75 Å². The number of ether oxygens (including phenoxy) is 1. The van der Waals surface area contributed by atoms with Crippen LogP contribution in [0.25, 0.3) is 0 Å². The second-order valence-electron chi connectivity index (χ2n) is 5.95. The van der Waals surface area contributed by atoms with E-state index in [0.29, 0.717) is 24.8 Å². The van der Waals surface area contributed by atoms with E-state index >= 15 is 0 Å². The minimum absolute atomic E-state index is 0. The van der Waals surface area contributed by atoms with Crippen LogP contribution in [0.15, 0.2) is 23.1 Å². The Kier molecular flexibility index (Phi) is 8.14. The van der Waals surface area contributed by atoms with Crippen molar-refractivity contribution >= 4 is 28.3 Å². The van der Waals surface area contributed by atoms with Crippen molar-refractivity contribution in [3.05, 3.63) is 23.8 Å². The molecule has 1 heterocycles. The lowest BCUT2D eigenvalue weighted by Crippen LogP contribution is -2.41. The summed E-state index contributed by atoms with van der Waals surface area (Å²) in [6, 6.07) is 4.10. The van der Waals surface area contributed by atoms with Gasteiger partial charge in [-0.15, -0.1) is 12.4 Å². The number of hydrogen-bond donors (Lipinski definition) is 2. The molecule has 1 saturated heterocycles. The Bertz CT molecular complexity index is 689. The SMILES string of the molecule is CCNCC1CCN(C(=O)c2cc(S(N)(=O)=O)ccc2OC)CC1.Cl. The number of carbonyl (C=O) groups excluding carboxylic acids is 1. The van der Waals surface area contributed by atoms with Gasteiger partial charge in [-0.1, -0.05) is 6.92 Å². The first kappa shape index (κ1) is 21.7. The number of likely N-dealkylation sites (tertiary alicyclic amines) is 1. The third-order valence-electron chi connectivity index (χ3n) is 4.31. The van der Waals surface area contributed by atoms with Gasteiger partial charge in [0.05, 0.1) is 17.6 Å². The van der Waals surface area contributed by atoms with Crippen LogP contribution in [0.4, 0.5) is 0 Å². The number of nitrogens with zero attached hydrogens (tertiary/aromatic N) is 1. The molecule has 1 aromatic carbocycles. The highest BCUT2D eigenvalue weighted by molar-refractivity contribution is 7.89. The zero-order valence-corrected chi connectivity index (χ0v) is 16.2. The molecule has 0 spiro atoms. The Labute approximate surface area is 155 Å². The van der Waals surface area contributed by atoms with Gasteiger partial charge < -0.3 is 15.0 Å². The molecule has 142 valence electrons. The van der Waals surface area contributed by atoms with Crippen LogP contribution < -0.4 is 15.2 Å². The van der Waals surface area contributed by atoms with Crippen LogP contribution in [-0.2, 0) is 10.0 Å². The molecule has 0 unspecified atom stereocenters. The van der Waals surface area contributed by atoms with Gasteiger partial charge in [-0.2, -0.15) is 0 Å². The molecular weight excluding hydrogens is 366 g/mol. The van der Waals surface area contributed by atoms with Crippen molar-refractivity contribution in [2.24, 2.45) is 11.1 Å². The lowest BCUT2D eigenvalue weighted by molar-refractivity contribution is 0.0686. The molecule has 3 N–H and O–H groups in total. The molecule has 0 atom stereocenters. The van der Waals surface area contributed by atoms with E-state index < -0.39 is 10.0 Å². The predicted octanol–water partition coefficient (Wildman–Crippen LogP) is 1.23. The molecule has 1 aliphatic rings.